The molecule has 2 aromatic carbocycles. The average Bonchev–Trinajstić information content (AvgIpc) is 2.63. The summed E-state index contributed by atoms with van der Waals surface area (Å²) in [6, 6.07) is 12.6. The third kappa shape index (κ3) is 5.78. The van der Waals surface area contributed by atoms with Gasteiger partial charge in [-0.3, -0.25) is 4.79 Å². The first-order valence-corrected chi connectivity index (χ1v) is 10.00. The van der Waals surface area contributed by atoms with Crippen molar-refractivity contribution in [1.82, 2.24) is 4.72 Å². The van der Waals surface area contributed by atoms with Gasteiger partial charge in [-0.1, -0.05) is 18.2 Å². The molecule has 8 heteroatoms. The molecule has 0 fully saturated rings. The zero-order valence-corrected chi connectivity index (χ0v) is 16.4. The van der Waals surface area contributed by atoms with Gasteiger partial charge in [0.2, 0.25) is 10.0 Å². The lowest BCUT2D eigenvalue weighted by atomic mass is 10.2. The number of rotatable bonds is 9. The highest BCUT2D eigenvalue weighted by Gasteiger charge is 2.20. The van der Waals surface area contributed by atoms with Crippen LogP contribution in [0.25, 0.3) is 0 Å². The zero-order chi connectivity index (χ0) is 19.9. The Labute approximate surface area is 159 Å². The molecule has 1 amide bonds. The number of anilines is 1. The first-order valence-electron chi connectivity index (χ1n) is 8.52. The van der Waals surface area contributed by atoms with E-state index < -0.39 is 16.1 Å². The summed E-state index contributed by atoms with van der Waals surface area (Å²) in [5.74, 6) is 0.0393. The van der Waals surface area contributed by atoms with E-state index in [2.05, 4.69) is 10.0 Å². The van der Waals surface area contributed by atoms with Crippen molar-refractivity contribution in [1.29, 1.82) is 0 Å². The minimum absolute atomic E-state index is 0.0252. The van der Waals surface area contributed by atoms with Crippen LogP contribution in [0.5, 0.6) is 5.75 Å². The largest absolute Gasteiger partial charge is 0.492 e. The molecule has 0 spiro atoms. The van der Waals surface area contributed by atoms with Gasteiger partial charge in [-0.15, -0.1) is 0 Å². The van der Waals surface area contributed by atoms with Gasteiger partial charge in [0, 0.05) is 18.7 Å². The van der Waals surface area contributed by atoms with Crippen LogP contribution < -0.4 is 14.8 Å². The summed E-state index contributed by atoms with van der Waals surface area (Å²) < 4.78 is 38.1. The standard InChI is InChI=1S/C19H24N2O5S/c1-4-26-18-11-10-16(27(23,24)21-14(2)13-25-3)12-17(18)20-19(22)15-8-6-5-7-9-15/h5-12,14,21H,4,13H2,1-3H3,(H,20,22)/t14-/m0/s1. The first kappa shape index (κ1) is 20.9. The third-order valence-corrected chi connectivity index (χ3v) is 5.21. The number of carbonyl (C=O) groups excluding carboxylic acids is 1. The topological polar surface area (TPSA) is 93.7 Å². The van der Waals surface area contributed by atoms with E-state index in [1.54, 1.807) is 38.1 Å². The van der Waals surface area contributed by atoms with E-state index in [9.17, 15) is 13.2 Å². The molecule has 0 radical (unpaired) electrons. The van der Waals surface area contributed by atoms with E-state index in [4.69, 9.17) is 9.47 Å². The second kappa shape index (κ2) is 9.50. The fourth-order valence-electron chi connectivity index (χ4n) is 2.46. The number of carbonyl (C=O) groups is 1. The van der Waals surface area contributed by atoms with Crippen LogP contribution in [0.1, 0.15) is 24.2 Å². The van der Waals surface area contributed by atoms with E-state index >= 15 is 0 Å². The lowest BCUT2D eigenvalue weighted by Gasteiger charge is -2.16. The van der Waals surface area contributed by atoms with Gasteiger partial charge in [-0.05, 0) is 44.2 Å². The quantitative estimate of drug-likeness (QED) is 0.684. The Morgan fingerprint density at radius 1 is 1.15 bits per heavy atom. The van der Waals surface area contributed by atoms with Crippen molar-refractivity contribution in [2.75, 3.05) is 25.6 Å². The minimum atomic E-state index is -3.77. The van der Waals surface area contributed by atoms with Gasteiger partial charge in [0.1, 0.15) is 5.75 Å². The molecule has 1 atom stereocenters. The Morgan fingerprint density at radius 3 is 2.48 bits per heavy atom. The molecule has 0 saturated heterocycles. The summed E-state index contributed by atoms with van der Waals surface area (Å²) in [6.45, 7) is 4.13. The van der Waals surface area contributed by atoms with Crippen molar-refractivity contribution in [3.63, 3.8) is 0 Å². The highest BCUT2D eigenvalue weighted by atomic mass is 32.2. The number of nitrogens with one attached hydrogen (secondary N) is 2. The van der Waals surface area contributed by atoms with Crippen molar-refractivity contribution in [2.24, 2.45) is 0 Å². The Balaban J connectivity index is 2.32. The molecule has 2 aromatic rings. The number of benzene rings is 2. The first-order chi connectivity index (χ1) is 12.9. The molecular weight excluding hydrogens is 368 g/mol. The molecule has 2 rings (SSSR count). The van der Waals surface area contributed by atoms with Gasteiger partial charge in [0.05, 0.1) is 23.8 Å². The van der Waals surface area contributed by atoms with E-state index in [-0.39, 0.29) is 23.1 Å². The number of hydrogen-bond acceptors (Lipinski definition) is 5. The van der Waals surface area contributed by atoms with Crippen LogP contribution >= 0.6 is 0 Å². The highest BCUT2D eigenvalue weighted by molar-refractivity contribution is 7.89. The SMILES string of the molecule is CCOc1ccc(S(=O)(=O)N[C@@H](C)COC)cc1NC(=O)c1ccccc1. The van der Waals surface area contributed by atoms with Crippen LogP contribution in [0.3, 0.4) is 0 Å². The molecule has 0 heterocycles. The van der Waals surface area contributed by atoms with Crippen molar-refractivity contribution in [3.8, 4) is 5.75 Å². The molecule has 0 aliphatic carbocycles. The summed E-state index contributed by atoms with van der Waals surface area (Å²) in [5, 5.41) is 2.72. The van der Waals surface area contributed by atoms with Gasteiger partial charge < -0.3 is 14.8 Å². The fraction of sp³-hybridized carbons (Fsp3) is 0.316. The summed E-state index contributed by atoms with van der Waals surface area (Å²) in [7, 11) is -2.27. The van der Waals surface area contributed by atoms with E-state index in [0.29, 0.717) is 17.9 Å². The maximum Gasteiger partial charge on any atom is 0.255 e. The Hall–Kier alpha value is -2.42. The van der Waals surface area contributed by atoms with E-state index in [0.717, 1.165) is 0 Å². The van der Waals surface area contributed by atoms with Crippen LogP contribution in [0.2, 0.25) is 0 Å². The summed E-state index contributed by atoms with van der Waals surface area (Å²) in [4.78, 5) is 12.5. The maximum atomic E-state index is 12.6. The molecule has 0 aliphatic rings. The maximum absolute atomic E-state index is 12.6. The van der Waals surface area contributed by atoms with Gasteiger partial charge in [0.15, 0.2) is 0 Å². The summed E-state index contributed by atoms with van der Waals surface area (Å²) in [5.41, 5.74) is 0.744. The molecule has 0 aliphatic heterocycles. The van der Waals surface area contributed by atoms with Gasteiger partial charge in [0.25, 0.3) is 5.91 Å². The van der Waals surface area contributed by atoms with Gasteiger partial charge in [-0.2, -0.15) is 0 Å². The summed E-state index contributed by atoms with van der Waals surface area (Å²) >= 11 is 0. The third-order valence-electron chi connectivity index (χ3n) is 3.62. The smallest absolute Gasteiger partial charge is 0.255 e. The second-order valence-electron chi connectivity index (χ2n) is 5.89. The van der Waals surface area contributed by atoms with Crippen LogP contribution in [0.4, 0.5) is 5.69 Å². The van der Waals surface area contributed by atoms with Crippen LogP contribution in [-0.4, -0.2) is 40.7 Å². The van der Waals surface area contributed by atoms with Crippen LogP contribution in [0, 0.1) is 0 Å². The molecule has 146 valence electrons. The summed E-state index contributed by atoms with van der Waals surface area (Å²) in [6.07, 6.45) is 0. The van der Waals surface area contributed by atoms with Gasteiger partial charge in [-0.25, -0.2) is 13.1 Å². The van der Waals surface area contributed by atoms with E-state index in [1.165, 1.54) is 25.3 Å². The molecule has 0 aromatic heterocycles. The molecular formula is C19H24N2O5S. The highest BCUT2D eigenvalue weighted by Crippen LogP contribution is 2.28. The van der Waals surface area contributed by atoms with Crippen molar-refractivity contribution in [3.05, 3.63) is 54.1 Å². The molecule has 27 heavy (non-hydrogen) atoms. The fourth-order valence-corrected chi connectivity index (χ4v) is 3.71. The van der Waals surface area contributed by atoms with E-state index in [1.807, 2.05) is 6.07 Å². The molecule has 0 unspecified atom stereocenters. The van der Waals surface area contributed by atoms with Crippen molar-refractivity contribution < 1.29 is 22.7 Å². The minimum Gasteiger partial charge on any atom is -0.492 e. The lowest BCUT2D eigenvalue weighted by molar-refractivity contribution is 0.102. The monoisotopic (exact) mass is 392 g/mol. The molecule has 0 bridgehead atoms. The zero-order valence-electron chi connectivity index (χ0n) is 15.6. The number of ether oxygens (including phenoxy) is 2. The van der Waals surface area contributed by atoms with Crippen molar-refractivity contribution >= 4 is 21.6 Å². The second-order valence-corrected chi connectivity index (χ2v) is 7.60. The average molecular weight is 392 g/mol. The Bertz CT molecular complexity index is 869. The lowest BCUT2D eigenvalue weighted by Crippen LogP contribution is -2.35. The van der Waals surface area contributed by atoms with Crippen LogP contribution in [0.15, 0.2) is 53.4 Å². The number of hydrogen-bond donors (Lipinski definition) is 2. The Kier molecular flexibility index (Phi) is 7.35. The predicted molar refractivity (Wildman–Crippen MR) is 104 cm³/mol. The number of sulfonamides is 1. The predicted octanol–water partition coefficient (Wildman–Crippen LogP) is 2.65. The Morgan fingerprint density at radius 2 is 1.85 bits per heavy atom. The van der Waals surface area contributed by atoms with Crippen LogP contribution in [-0.2, 0) is 14.8 Å². The van der Waals surface area contributed by atoms with Crippen molar-refractivity contribution in [2.45, 2.75) is 24.8 Å². The molecule has 0 saturated carbocycles. The molecule has 2 N–H and O–H groups in total. The number of amides is 1. The van der Waals surface area contributed by atoms with Gasteiger partial charge >= 0.3 is 0 Å². The normalized spacial score (nSPS) is 12.4. The number of methoxy groups -OCH3 is 1. The molecule has 7 nitrogen and oxygen atoms in total.